The molecule has 0 bridgehead atoms. The molecule has 0 heterocycles. The maximum absolute atomic E-state index is 13.0. The predicted molar refractivity (Wildman–Crippen MR) is 94.4 cm³/mol. The maximum Gasteiger partial charge on any atom is 0.303 e. The SMILES string of the molecule is COC1=C(OC)C(=O)C(C(CCCC(=O)O)c2ccccc2)=C(C)C1=O. The molecular formula is C20H22O6. The van der Waals surface area contributed by atoms with E-state index in [1.54, 1.807) is 6.92 Å². The third kappa shape index (κ3) is 3.85. The number of ketones is 2. The van der Waals surface area contributed by atoms with Crippen LogP contribution in [0.1, 0.15) is 37.7 Å². The number of rotatable bonds is 8. The summed E-state index contributed by atoms with van der Waals surface area (Å²) in [6.07, 6.45) is 0.811. The predicted octanol–water partition coefficient (Wildman–Crippen LogP) is 3.00. The van der Waals surface area contributed by atoms with Crippen molar-refractivity contribution in [3.05, 3.63) is 58.6 Å². The Labute approximate surface area is 152 Å². The van der Waals surface area contributed by atoms with Crippen molar-refractivity contribution >= 4 is 17.5 Å². The lowest BCUT2D eigenvalue weighted by atomic mass is 9.78. The third-order valence-corrected chi connectivity index (χ3v) is 4.45. The molecule has 1 atom stereocenters. The van der Waals surface area contributed by atoms with Crippen LogP contribution in [0.15, 0.2) is 53.0 Å². The number of carbonyl (C=O) groups excluding carboxylic acids is 2. The molecule has 0 radical (unpaired) electrons. The van der Waals surface area contributed by atoms with Gasteiger partial charge in [-0.05, 0) is 25.3 Å². The van der Waals surface area contributed by atoms with E-state index in [0.29, 0.717) is 24.0 Å². The van der Waals surface area contributed by atoms with Gasteiger partial charge in [-0.3, -0.25) is 14.4 Å². The molecule has 6 nitrogen and oxygen atoms in total. The number of allylic oxidation sites excluding steroid dienone is 2. The first kappa shape index (κ1) is 19.4. The minimum atomic E-state index is -0.896. The van der Waals surface area contributed by atoms with E-state index in [2.05, 4.69) is 0 Å². The van der Waals surface area contributed by atoms with Gasteiger partial charge in [-0.2, -0.15) is 0 Å². The fourth-order valence-electron chi connectivity index (χ4n) is 3.20. The van der Waals surface area contributed by atoms with E-state index >= 15 is 0 Å². The Kier molecular flexibility index (Phi) is 6.33. The van der Waals surface area contributed by atoms with Crippen molar-refractivity contribution in [2.24, 2.45) is 0 Å². The highest BCUT2D eigenvalue weighted by Crippen LogP contribution is 2.38. The van der Waals surface area contributed by atoms with E-state index < -0.39 is 23.5 Å². The maximum atomic E-state index is 13.0. The normalized spacial score (nSPS) is 16.0. The monoisotopic (exact) mass is 358 g/mol. The Morgan fingerprint density at radius 2 is 1.62 bits per heavy atom. The molecule has 6 heteroatoms. The van der Waals surface area contributed by atoms with Crippen LogP contribution in [0.25, 0.3) is 0 Å². The van der Waals surface area contributed by atoms with E-state index in [0.717, 1.165) is 5.56 Å². The number of benzene rings is 1. The number of carbonyl (C=O) groups is 3. The van der Waals surface area contributed by atoms with Gasteiger partial charge >= 0.3 is 5.97 Å². The summed E-state index contributed by atoms with van der Waals surface area (Å²) in [5, 5.41) is 8.92. The van der Waals surface area contributed by atoms with Crippen molar-refractivity contribution in [2.45, 2.75) is 32.1 Å². The first-order valence-electron chi connectivity index (χ1n) is 8.31. The summed E-state index contributed by atoms with van der Waals surface area (Å²) in [6, 6.07) is 9.28. The summed E-state index contributed by atoms with van der Waals surface area (Å²) in [5.41, 5.74) is 1.49. The molecule has 0 aromatic heterocycles. The van der Waals surface area contributed by atoms with E-state index in [1.165, 1.54) is 14.2 Å². The Bertz CT molecular complexity index is 773. The lowest BCUT2D eigenvalue weighted by Gasteiger charge is -2.26. The van der Waals surface area contributed by atoms with Gasteiger partial charge in [0.25, 0.3) is 0 Å². The van der Waals surface area contributed by atoms with Gasteiger partial charge in [-0.25, -0.2) is 0 Å². The molecule has 138 valence electrons. The van der Waals surface area contributed by atoms with Crippen LogP contribution >= 0.6 is 0 Å². The smallest absolute Gasteiger partial charge is 0.303 e. The summed E-state index contributed by atoms with van der Waals surface area (Å²) >= 11 is 0. The quantitative estimate of drug-likeness (QED) is 0.719. The minimum Gasteiger partial charge on any atom is -0.489 e. The molecule has 0 amide bonds. The Hall–Kier alpha value is -2.89. The molecule has 0 fully saturated rings. The number of hydrogen-bond acceptors (Lipinski definition) is 5. The Morgan fingerprint density at radius 1 is 1.04 bits per heavy atom. The van der Waals surface area contributed by atoms with Crippen LogP contribution in [0, 0.1) is 0 Å². The first-order chi connectivity index (χ1) is 12.4. The number of ether oxygens (including phenoxy) is 2. The number of carboxylic acid groups (broad SMARTS) is 1. The van der Waals surface area contributed by atoms with Crippen molar-refractivity contribution in [1.82, 2.24) is 0 Å². The van der Waals surface area contributed by atoms with Gasteiger partial charge in [-0.1, -0.05) is 30.3 Å². The Balaban J connectivity index is 2.49. The van der Waals surface area contributed by atoms with Gasteiger partial charge in [0.2, 0.25) is 23.1 Å². The van der Waals surface area contributed by atoms with Crippen LogP contribution in [0.2, 0.25) is 0 Å². The summed E-state index contributed by atoms with van der Waals surface area (Å²) in [5.74, 6) is -2.29. The number of aliphatic carboxylic acids is 1. The van der Waals surface area contributed by atoms with Gasteiger partial charge < -0.3 is 14.6 Å². The number of Topliss-reactive ketones (excluding diaryl/α,β-unsaturated/α-hetero) is 2. The summed E-state index contributed by atoms with van der Waals surface area (Å²) in [6.45, 7) is 1.59. The van der Waals surface area contributed by atoms with Crippen molar-refractivity contribution in [3.63, 3.8) is 0 Å². The van der Waals surface area contributed by atoms with Crippen LogP contribution in [0.3, 0.4) is 0 Å². The lowest BCUT2D eigenvalue weighted by molar-refractivity contribution is -0.137. The summed E-state index contributed by atoms with van der Waals surface area (Å²) < 4.78 is 10.2. The fourth-order valence-corrected chi connectivity index (χ4v) is 3.20. The standard InChI is InChI=1S/C20H22O6/c1-12-16(18(24)20(26-3)19(25-2)17(12)23)14(10-7-11-15(21)22)13-8-5-4-6-9-13/h4-6,8-9,14H,7,10-11H2,1-3H3,(H,21,22). The second-order valence-corrected chi connectivity index (χ2v) is 6.01. The number of hydrogen-bond donors (Lipinski definition) is 1. The number of methoxy groups -OCH3 is 2. The largest absolute Gasteiger partial charge is 0.489 e. The second-order valence-electron chi connectivity index (χ2n) is 6.01. The van der Waals surface area contributed by atoms with Crippen molar-refractivity contribution in [2.75, 3.05) is 14.2 Å². The zero-order chi connectivity index (χ0) is 19.3. The van der Waals surface area contributed by atoms with Crippen LogP contribution in [-0.4, -0.2) is 36.9 Å². The number of carboxylic acids is 1. The van der Waals surface area contributed by atoms with Crippen LogP contribution < -0.4 is 0 Å². The fraction of sp³-hybridized carbons (Fsp3) is 0.350. The molecule has 1 aliphatic carbocycles. The zero-order valence-electron chi connectivity index (χ0n) is 15.1. The molecule has 0 saturated heterocycles. The van der Waals surface area contributed by atoms with Gasteiger partial charge in [0, 0.05) is 23.5 Å². The highest BCUT2D eigenvalue weighted by atomic mass is 16.5. The van der Waals surface area contributed by atoms with Gasteiger partial charge in [0.15, 0.2) is 0 Å². The molecule has 2 rings (SSSR count). The molecule has 1 aliphatic rings. The minimum absolute atomic E-state index is 0.00586. The van der Waals surface area contributed by atoms with Gasteiger partial charge in [-0.15, -0.1) is 0 Å². The highest BCUT2D eigenvalue weighted by molar-refractivity contribution is 6.23. The summed E-state index contributed by atoms with van der Waals surface area (Å²) in [4.78, 5) is 36.5. The third-order valence-electron chi connectivity index (χ3n) is 4.45. The average molecular weight is 358 g/mol. The molecule has 0 spiro atoms. The zero-order valence-corrected chi connectivity index (χ0v) is 15.1. The molecule has 1 aromatic rings. The lowest BCUT2D eigenvalue weighted by Crippen LogP contribution is -2.28. The van der Waals surface area contributed by atoms with Crippen LogP contribution in [0.5, 0.6) is 0 Å². The second kappa shape index (κ2) is 8.47. The first-order valence-corrected chi connectivity index (χ1v) is 8.31. The molecule has 1 aromatic carbocycles. The van der Waals surface area contributed by atoms with Crippen LogP contribution in [-0.2, 0) is 23.9 Å². The van der Waals surface area contributed by atoms with Crippen LogP contribution in [0.4, 0.5) is 0 Å². The Morgan fingerprint density at radius 3 is 2.15 bits per heavy atom. The van der Waals surface area contributed by atoms with E-state index in [1.807, 2.05) is 30.3 Å². The van der Waals surface area contributed by atoms with E-state index in [9.17, 15) is 14.4 Å². The van der Waals surface area contributed by atoms with E-state index in [4.69, 9.17) is 14.6 Å². The van der Waals surface area contributed by atoms with Crippen molar-refractivity contribution in [1.29, 1.82) is 0 Å². The van der Waals surface area contributed by atoms with E-state index in [-0.39, 0.29) is 17.9 Å². The highest BCUT2D eigenvalue weighted by Gasteiger charge is 2.38. The topological polar surface area (TPSA) is 89.9 Å². The average Bonchev–Trinajstić information content (AvgIpc) is 2.63. The van der Waals surface area contributed by atoms with Crippen molar-refractivity contribution < 1.29 is 29.0 Å². The molecular weight excluding hydrogens is 336 g/mol. The molecule has 0 aliphatic heterocycles. The van der Waals surface area contributed by atoms with Gasteiger partial charge in [0.05, 0.1) is 14.2 Å². The van der Waals surface area contributed by atoms with Gasteiger partial charge in [0.1, 0.15) is 0 Å². The summed E-state index contributed by atoms with van der Waals surface area (Å²) in [7, 11) is 2.64. The molecule has 1 unspecified atom stereocenters. The molecule has 26 heavy (non-hydrogen) atoms. The molecule has 0 saturated carbocycles. The molecule has 1 N–H and O–H groups in total. The van der Waals surface area contributed by atoms with Crippen molar-refractivity contribution in [3.8, 4) is 0 Å².